The highest BCUT2D eigenvalue weighted by Crippen LogP contribution is 2.31. The standard InChI is InChI=1S/C26H27F3N4O3S2/c27-26(28,29)21-7-4-8-23(17-21)38(34,35)32(12-11-31-13-15-36-16-14-31)10-9-22-19-37-25-30-24(18-33(22)25)20-5-2-1-3-6-20/h1-8,17-19H,9-16H2. The average molecular weight is 565 g/mol. The van der Waals surface area contributed by atoms with Gasteiger partial charge < -0.3 is 4.74 Å². The lowest BCUT2D eigenvalue weighted by molar-refractivity contribution is -0.137. The highest BCUT2D eigenvalue weighted by atomic mass is 32.2. The van der Waals surface area contributed by atoms with Gasteiger partial charge in [-0.2, -0.15) is 17.5 Å². The summed E-state index contributed by atoms with van der Waals surface area (Å²) in [7, 11) is -4.17. The molecule has 0 unspecified atom stereocenters. The molecule has 4 aromatic rings. The Labute approximate surface area is 223 Å². The summed E-state index contributed by atoms with van der Waals surface area (Å²) < 4.78 is 75.8. The molecular formula is C26H27F3N4O3S2. The number of aromatic nitrogens is 2. The Hall–Kier alpha value is -2.77. The van der Waals surface area contributed by atoms with E-state index >= 15 is 0 Å². The van der Waals surface area contributed by atoms with E-state index in [0.717, 1.165) is 34.0 Å². The van der Waals surface area contributed by atoms with Gasteiger partial charge in [-0.3, -0.25) is 9.30 Å². The summed E-state index contributed by atoms with van der Waals surface area (Å²) in [6.07, 6.45) is -2.33. The summed E-state index contributed by atoms with van der Waals surface area (Å²) in [6, 6.07) is 13.7. The lowest BCUT2D eigenvalue weighted by Gasteiger charge is -2.29. The molecule has 5 rings (SSSR count). The molecule has 2 aromatic carbocycles. The van der Waals surface area contributed by atoms with Crippen LogP contribution in [0.25, 0.3) is 16.2 Å². The summed E-state index contributed by atoms with van der Waals surface area (Å²) in [5.74, 6) is 0. The van der Waals surface area contributed by atoms with Gasteiger partial charge in [0.2, 0.25) is 10.0 Å². The largest absolute Gasteiger partial charge is 0.416 e. The first-order valence-electron chi connectivity index (χ1n) is 12.2. The van der Waals surface area contributed by atoms with Crippen molar-refractivity contribution in [1.82, 2.24) is 18.6 Å². The lowest BCUT2D eigenvalue weighted by Crippen LogP contribution is -2.43. The van der Waals surface area contributed by atoms with E-state index in [1.165, 1.54) is 21.7 Å². The second kappa shape index (κ2) is 11.1. The van der Waals surface area contributed by atoms with E-state index in [1.807, 2.05) is 46.3 Å². The number of morpholine rings is 1. The summed E-state index contributed by atoms with van der Waals surface area (Å²) in [6.45, 7) is 3.23. The Kier molecular flexibility index (Phi) is 7.87. The fraction of sp³-hybridized carbons (Fsp3) is 0.346. The van der Waals surface area contributed by atoms with Crippen LogP contribution < -0.4 is 0 Å². The van der Waals surface area contributed by atoms with Crippen molar-refractivity contribution in [3.8, 4) is 11.3 Å². The first kappa shape index (κ1) is 26.8. The molecule has 0 atom stereocenters. The van der Waals surface area contributed by atoms with Crippen LogP contribution in [-0.4, -0.2) is 72.9 Å². The Morgan fingerprint density at radius 1 is 1.03 bits per heavy atom. The molecule has 1 saturated heterocycles. The minimum atomic E-state index is -4.63. The van der Waals surface area contributed by atoms with E-state index < -0.39 is 21.8 Å². The van der Waals surface area contributed by atoms with E-state index in [4.69, 9.17) is 4.74 Å². The topological polar surface area (TPSA) is 67.2 Å². The summed E-state index contributed by atoms with van der Waals surface area (Å²) in [4.78, 5) is 7.21. The lowest BCUT2D eigenvalue weighted by atomic mass is 10.2. The molecule has 0 bridgehead atoms. The molecule has 3 heterocycles. The van der Waals surface area contributed by atoms with Gasteiger partial charge in [0.1, 0.15) is 0 Å². The Bertz CT molecular complexity index is 1480. The maximum Gasteiger partial charge on any atom is 0.416 e. The van der Waals surface area contributed by atoms with Crippen molar-refractivity contribution >= 4 is 26.3 Å². The predicted octanol–water partition coefficient (Wildman–Crippen LogP) is 4.65. The number of hydrogen-bond acceptors (Lipinski definition) is 6. The van der Waals surface area contributed by atoms with E-state index in [9.17, 15) is 21.6 Å². The van der Waals surface area contributed by atoms with Crippen LogP contribution in [0.2, 0.25) is 0 Å². The molecule has 0 amide bonds. The number of hydrogen-bond donors (Lipinski definition) is 0. The number of benzene rings is 2. The third-order valence-corrected chi connectivity index (χ3v) is 9.32. The molecule has 0 spiro atoms. The monoisotopic (exact) mass is 564 g/mol. The molecule has 0 saturated carbocycles. The first-order chi connectivity index (χ1) is 18.2. The Balaban J connectivity index is 1.39. The van der Waals surface area contributed by atoms with Crippen molar-refractivity contribution in [2.75, 3.05) is 45.9 Å². The van der Waals surface area contributed by atoms with Crippen LogP contribution >= 0.6 is 11.3 Å². The predicted molar refractivity (Wildman–Crippen MR) is 140 cm³/mol. The highest BCUT2D eigenvalue weighted by Gasteiger charge is 2.33. The summed E-state index contributed by atoms with van der Waals surface area (Å²) in [5.41, 5.74) is 1.70. The number of thiazole rings is 1. The Morgan fingerprint density at radius 3 is 2.53 bits per heavy atom. The maximum absolute atomic E-state index is 13.6. The normalized spacial score (nSPS) is 15.5. The van der Waals surface area contributed by atoms with Crippen molar-refractivity contribution in [3.63, 3.8) is 0 Å². The van der Waals surface area contributed by atoms with Crippen LogP contribution in [0.4, 0.5) is 13.2 Å². The zero-order valence-electron chi connectivity index (χ0n) is 20.5. The molecule has 1 aliphatic heterocycles. The van der Waals surface area contributed by atoms with Crippen molar-refractivity contribution in [2.24, 2.45) is 0 Å². The maximum atomic E-state index is 13.6. The van der Waals surface area contributed by atoms with E-state index in [-0.39, 0.29) is 18.0 Å². The van der Waals surface area contributed by atoms with Gasteiger partial charge in [-0.05, 0) is 18.2 Å². The number of rotatable bonds is 9. The first-order valence-corrected chi connectivity index (χ1v) is 14.5. The minimum absolute atomic E-state index is 0.119. The van der Waals surface area contributed by atoms with E-state index in [0.29, 0.717) is 45.3 Å². The number of nitrogens with zero attached hydrogens (tertiary/aromatic N) is 4. The summed E-state index contributed by atoms with van der Waals surface area (Å²) in [5, 5.41) is 1.94. The summed E-state index contributed by atoms with van der Waals surface area (Å²) >= 11 is 1.46. The van der Waals surface area contributed by atoms with Crippen molar-refractivity contribution in [3.05, 3.63) is 77.4 Å². The van der Waals surface area contributed by atoms with Gasteiger partial charge in [0.15, 0.2) is 4.96 Å². The quantitative estimate of drug-likeness (QED) is 0.296. The van der Waals surface area contributed by atoms with Crippen LogP contribution in [0.5, 0.6) is 0 Å². The van der Waals surface area contributed by atoms with Crippen LogP contribution in [0.1, 0.15) is 11.3 Å². The van der Waals surface area contributed by atoms with Gasteiger partial charge in [-0.25, -0.2) is 13.4 Å². The molecule has 202 valence electrons. The van der Waals surface area contributed by atoms with Crippen LogP contribution in [0.3, 0.4) is 0 Å². The van der Waals surface area contributed by atoms with Crippen LogP contribution in [0, 0.1) is 0 Å². The number of halogens is 3. The number of sulfonamides is 1. The molecular weight excluding hydrogens is 537 g/mol. The molecule has 0 radical (unpaired) electrons. The second-order valence-corrected chi connectivity index (χ2v) is 11.8. The van der Waals surface area contributed by atoms with Crippen LogP contribution in [0.15, 0.2) is 71.1 Å². The fourth-order valence-corrected chi connectivity index (χ4v) is 6.79. The van der Waals surface area contributed by atoms with E-state index in [2.05, 4.69) is 9.88 Å². The smallest absolute Gasteiger partial charge is 0.379 e. The van der Waals surface area contributed by atoms with Crippen molar-refractivity contribution in [1.29, 1.82) is 0 Å². The fourth-order valence-electron chi connectivity index (χ4n) is 4.41. The SMILES string of the molecule is O=S(=O)(c1cccc(C(F)(F)F)c1)N(CCc1csc2nc(-c3ccccc3)cn12)CCN1CCOCC1. The van der Waals surface area contributed by atoms with Gasteiger partial charge >= 0.3 is 6.18 Å². The van der Waals surface area contributed by atoms with Gasteiger partial charge in [-0.15, -0.1) is 11.3 Å². The molecule has 38 heavy (non-hydrogen) atoms. The molecule has 7 nitrogen and oxygen atoms in total. The Morgan fingerprint density at radius 2 is 1.79 bits per heavy atom. The zero-order valence-corrected chi connectivity index (χ0v) is 22.1. The molecule has 0 N–H and O–H groups in total. The molecule has 2 aromatic heterocycles. The van der Waals surface area contributed by atoms with Crippen molar-refractivity contribution < 1.29 is 26.3 Å². The third kappa shape index (κ3) is 5.94. The number of fused-ring (bicyclic) bond motifs is 1. The highest BCUT2D eigenvalue weighted by molar-refractivity contribution is 7.89. The minimum Gasteiger partial charge on any atom is -0.379 e. The second-order valence-electron chi connectivity index (χ2n) is 9.01. The molecule has 1 fully saturated rings. The molecule has 0 aliphatic carbocycles. The van der Waals surface area contributed by atoms with Gasteiger partial charge in [0.05, 0.1) is 29.4 Å². The van der Waals surface area contributed by atoms with Gasteiger partial charge in [0, 0.05) is 62.0 Å². The van der Waals surface area contributed by atoms with E-state index in [1.54, 1.807) is 0 Å². The van der Waals surface area contributed by atoms with Gasteiger partial charge in [0.25, 0.3) is 0 Å². The number of ether oxygens (including phenoxy) is 1. The van der Waals surface area contributed by atoms with Crippen molar-refractivity contribution in [2.45, 2.75) is 17.5 Å². The number of imidazole rings is 1. The van der Waals surface area contributed by atoms with Crippen LogP contribution in [-0.2, 0) is 27.4 Å². The number of alkyl halides is 3. The third-order valence-electron chi connectivity index (χ3n) is 6.54. The zero-order chi connectivity index (χ0) is 26.8. The average Bonchev–Trinajstić information content (AvgIpc) is 3.51. The van der Waals surface area contributed by atoms with Gasteiger partial charge in [-0.1, -0.05) is 36.4 Å². The molecule has 12 heteroatoms. The molecule has 1 aliphatic rings.